The second kappa shape index (κ2) is 7.97. The Bertz CT molecular complexity index is 1020. The number of rotatable bonds is 6. The van der Waals surface area contributed by atoms with Gasteiger partial charge in [-0.1, -0.05) is 38.1 Å². The Kier molecular flexibility index (Phi) is 5.78. The highest BCUT2D eigenvalue weighted by Gasteiger charge is 2.27. The summed E-state index contributed by atoms with van der Waals surface area (Å²) in [6, 6.07) is 10.6. The van der Waals surface area contributed by atoms with E-state index in [0.717, 1.165) is 40.7 Å². The summed E-state index contributed by atoms with van der Waals surface area (Å²) in [5.74, 6) is -0.141. The largest absolute Gasteiger partial charge is 0.460 e. The first kappa shape index (κ1) is 21.0. The molecule has 0 saturated heterocycles. The quantitative estimate of drug-likeness (QED) is 0.544. The van der Waals surface area contributed by atoms with Crippen molar-refractivity contribution in [2.45, 2.75) is 71.8 Å². The fourth-order valence-corrected chi connectivity index (χ4v) is 3.70. The SMILES string of the molecule is CCC(C)(CCC(=O)OC(C)(C)C)c1cccc(-c2ccnc3n[nH]c(C)c23)c1. The summed E-state index contributed by atoms with van der Waals surface area (Å²) < 4.78 is 5.50. The van der Waals surface area contributed by atoms with Crippen LogP contribution in [0.1, 0.15) is 65.1 Å². The Morgan fingerprint density at radius 3 is 2.62 bits per heavy atom. The molecular formula is C24H31N3O2. The number of fused-ring (bicyclic) bond motifs is 1. The molecule has 0 saturated carbocycles. The van der Waals surface area contributed by atoms with Crippen molar-refractivity contribution < 1.29 is 9.53 Å². The maximum absolute atomic E-state index is 12.3. The van der Waals surface area contributed by atoms with Gasteiger partial charge >= 0.3 is 5.97 Å². The molecule has 1 N–H and O–H groups in total. The molecule has 5 heteroatoms. The average Bonchev–Trinajstić information content (AvgIpc) is 3.06. The summed E-state index contributed by atoms with van der Waals surface area (Å²) in [6.07, 6.45) is 3.90. The van der Waals surface area contributed by atoms with Crippen LogP contribution < -0.4 is 0 Å². The molecule has 3 aromatic rings. The molecule has 3 rings (SSSR count). The molecule has 1 aromatic carbocycles. The lowest BCUT2D eigenvalue weighted by molar-refractivity contribution is -0.155. The second-order valence-electron chi connectivity index (χ2n) is 8.99. The van der Waals surface area contributed by atoms with Gasteiger partial charge < -0.3 is 4.74 Å². The molecule has 0 fully saturated rings. The Morgan fingerprint density at radius 1 is 1.17 bits per heavy atom. The molecule has 29 heavy (non-hydrogen) atoms. The zero-order valence-corrected chi connectivity index (χ0v) is 18.3. The van der Waals surface area contributed by atoms with E-state index in [1.165, 1.54) is 5.56 Å². The van der Waals surface area contributed by atoms with Crippen LogP contribution in [0.2, 0.25) is 0 Å². The van der Waals surface area contributed by atoms with E-state index >= 15 is 0 Å². The Hall–Kier alpha value is -2.69. The number of esters is 1. The van der Waals surface area contributed by atoms with Crippen LogP contribution in [0.4, 0.5) is 0 Å². The number of aromatic nitrogens is 3. The van der Waals surface area contributed by atoms with Gasteiger partial charge in [-0.15, -0.1) is 0 Å². The molecule has 2 aromatic heterocycles. The number of hydrogen-bond donors (Lipinski definition) is 1. The van der Waals surface area contributed by atoms with Crippen LogP contribution in [0.15, 0.2) is 36.5 Å². The Morgan fingerprint density at radius 2 is 1.93 bits per heavy atom. The van der Waals surface area contributed by atoms with Crippen molar-refractivity contribution in [3.63, 3.8) is 0 Å². The van der Waals surface area contributed by atoms with Gasteiger partial charge in [-0.2, -0.15) is 5.10 Å². The zero-order valence-electron chi connectivity index (χ0n) is 18.3. The predicted molar refractivity (Wildman–Crippen MR) is 117 cm³/mol. The number of pyridine rings is 1. The number of carbonyl (C=O) groups excluding carboxylic acids is 1. The highest BCUT2D eigenvalue weighted by Crippen LogP contribution is 2.36. The molecule has 0 bridgehead atoms. The highest BCUT2D eigenvalue weighted by atomic mass is 16.6. The molecule has 1 atom stereocenters. The average molecular weight is 394 g/mol. The number of nitrogens with one attached hydrogen (secondary N) is 1. The minimum absolute atomic E-state index is 0.107. The van der Waals surface area contributed by atoms with E-state index in [1.807, 2.05) is 33.8 Å². The third kappa shape index (κ3) is 4.66. The molecular weight excluding hydrogens is 362 g/mol. The van der Waals surface area contributed by atoms with Gasteiger partial charge in [0.2, 0.25) is 0 Å². The van der Waals surface area contributed by atoms with E-state index in [1.54, 1.807) is 6.20 Å². The summed E-state index contributed by atoms with van der Waals surface area (Å²) >= 11 is 0. The number of ether oxygens (including phenoxy) is 1. The van der Waals surface area contributed by atoms with E-state index in [4.69, 9.17) is 4.74 Å². The molecule has 0 aliphatic heterocycles. The van der Waals surface area contributed by atoms with E-state index in [-0.39, 0.29) is 11.4 Å². The lowest BCUT2D eigenvalue weighted by Crippen LogP contribution is -2.27. The number of H-pyrrole nitrogens is 1. The number of benzene rings is 1. The third-order valence-corrected chi connectivity index (χ3v) is 5.59. The van der Waals surface area contributed by atoms with Crippen LogP contribution in [0.5, 0.6) is 0 Å². The van der Waals surface area contributed by atoms with Crippen molar-refractivity contribution in [1.29, 1.82) is 0 Å². The summed E-state index contributed by atoms with van der Waals surface area (Å²) in [5.41, 5.74) is 4.67. The van der Waals surface area contributed by atoms with Gasteiger partial charge in [0.25, 0.3) is 0 Å². The molecule has 1 unspecified atom stereocenters. The predicted octanol–water partition coefficient (Wildman–Crippen LogP) is 5.72. The lowest BCUT2D eigenvalue weighted by Gasteiger charge is -2.30. The molecule has 2 heterocycles. The Balaban J connectivity index is 1.90. The lowest BCUT2D eigenvalue weighted by atomic mass is 9.75. The van der Waals surface area contributed by atoms with Crippen molar-refractivity contribution in [2.75, 3.05) is 0 Å². The maximum atomic E-state index is 12.3. The summed E-state index contributed by atoms with van der Waals surface area (Å²) in [4.78, 5) is 16.6. The molecule has 0 radical (unpaired) electrons. The summed E-state index contributed by atoms with van der Waals surface area (Å²) in [6.45, 7) is 12.1. The minimum Gasteiger partial charge on any atom is -0.460 e. The smallest absolute Gasteiger partial charge is 0.306 e. The van der Waals surface area contributed by atoms with Gasteiger partial charge in [0, 0.05) is 23.7 Å². The van der Waals surface area contributed by atoms with E-state index < -0.39 is 5.60 Å². The Labute approximate surface area is 172 Å². The molecule has 154 valence electrons. The molecule has 5 nitrogen and oxygen atoms in total. The van der Waals surface area contributed by atoms with Crippen LogP contribution in [-0.4, -0.2) is 26.8 Å². The van der Waals surface area contributed by atoms with Crippen molar-refractivity contribution in [2.24, 2.45) is 0 Å². The number of nitrogens with zero attached hydrogens (tertiary/aromatic N) is 2. The summed E-state index contributed by atoms with van der Waals surface area (Å²) in [7, 11) is 0. The minimum atomic E-state index is -0.450. The molecule has 0 amide bonds. The van der Waals surface area contributed by atoms with Gasteiger partial charge in [0.1, 0.15) is 5.60 Å². The number of hydrogen-bond acceptors (Lipinski definition) is 4. The van der Waals surface area contributed by atoms with Crippen molar-refractivity contribution >= 4 is 17.0 Å². The fraction of sp³-hybridized carbons (Fsp3) is 0.458. The standard InChI is InChI=1S/C24H31N3O2/c1-7-24(6,13-11-20(28)29-23(3,4)5)18-10-8-9-17(15-18)19-12-14-25-22-21(19)16(2)26-27-22/h8-10,12,14-15H,7,11,13H2,1-6H3,(H,25,26,27). The van der Waals surface area contributed by atoms with Gasteiger partial charge in [0.15, 0.2) is 5.65 Å². The fourth-order valence-electron chi connectivity index (χ4n) is 3.70. The monoisotopic (exact) mass is 393 g/mol. The van der Waals surface area contributed by atoms with Gasteiger partial charge in [-0.05, 0) is 68.7 Å². The molecule has 0 spiro atoms. The zero-order chi connectivity index (χ0) is 21.2. The number of carbonyl (C=O) groups is 1. The van der Waals surface area contributed by atoms with Crippen LogP contribution >= 0.6 is 0 Å². The van der Waals surface area contributed by atoms with E-state index in [0.29, 0.717) is 6.42 Å². The van der Waals surface area contributed by atoms with Crippen LogP contribution in [-0.2, 0) is 14.9 Å². The maximum Gasteiger partial charge on any atom is 0.306 e. The topological polar surface area (TPSA) is 67.9 Å². The molecule has 0 aliphatic rings. The van der Waals surface area contributed by atoms with Crippen molar-refractivity contribution in [3.05, 3.63) is 47.8 Å². The van der Waals surface area contributed by atoms with Gasteiger partial charge in [-0.3, -0.25) is 9.89 Å². The van der Waals surface area contributed by atoms with Crippen molar-refractivity contribution in [3.8, 4) is 11.1 Å². The third-order valence-electron chi connectivity index (χ3n) is 5.59. The van der Waals surface area contributed by atoms with E-state index in [9.17, 15) is 4.79 Å². The van der Waals surface area contributed by atoms with E-state index in [2.05, 4.69) is 53.3 Å². The first-order valence-corrected chi connectivity index (χ1v) is 10.3. The number of aryl methyl sites for hydroxylation is 1. The highest BCUT2D eigenvalue weighted by molar-refractivity contribution is 5.94. The molecule has 0 aliphatic carbocycles. The summed E-state index contributed by atoms with van der Waals surface area (Å²) in [5, 5.41) is 8.36. The van der Waals surface area contributed by atoms with Crippen LogP contribution in [0.25, 0.3) is 22.2 Å². The van der Waals surface area contributed by atoms with Crippen molar-refractivity contribution in [1.82, 2.24) is 15.2 Å². The van der Waals surface area contributed by atoms with Gasteiger partial charge in [-0.25, -0.2) is 4.98 Å². The second-order valence-corrected chi connectivity index (χ2v) is 8.99. The van der Waals surface area contributed by atoms with Crippen LogP contribution in [0.3, 0.4) is 0 Å². The van der Waals surface area contributed by atoms with Crippen LogP contribution in [0, 0.1) is 6.92 Å². The normalized spacial score (nSPS) is 14.0. The number of aromatic amines is 1. The first-order chi connectivity index (χ1) is 13.6. The first-order valence-electron chi connectivity index (χ1n) is 10.3. The van der Waals surface area contributed by atoms with Gasteiger partial charge in [0.05, 0.1) is 0 Å².